The van der Waals surface area contributed by atoms with Crippen LogP contribution in [-0.2, 0) is 0 Å². The summed E-state index contributed by atoms with van der Waals surface area (Å²) in [5, 5.41) is 6.09. The molecule has 6 heteroatoms. The number of urea groups is 1. The van der Waals surface area contributed by atoms with Gasteiger partial charge in [0.1, 0.15) is 5.75 Å². The average molecular weight is 306 g/mol. The number of anilines is 1. The summed E-state index contributed by atoms with van der Waals surface area (Å²) in [6.07, 6.45) is 3.37. The fourth-order valence-corrected chi connectivity index (χ4v) is 2.04. The molecule has 21 heavy (non-hydrogen) atoms. The first kappa shape index (κ1) is 15.1. The van der Waals surface area contributed by atoms with E-state index in [9.17, 15) is 4.79 Å². The zero-order valence-corrected chi connectivity index (χ0v) is 12.5. The zero-order chi connectivity index (χ0) is 15.2. The summed E-state index contributed by atoms with van der Waals surface area (Å²) in [4.78, 5) is 16.0. The molecule has 2 rings (SSSR count). The second-order valence-electron chi connectivity index (χ2n) is 4.45. The summed E-state index contributed by atoms with van der Waals surface area (Å²) >= 11 is 5.92. The van der Waals surface area contributed by atoms with Gasteiger partial charge in [-0.1, -0.05) is 11.6 Å². The fraction of sp³-hybridized carbons (Fsp3) is 0.200. The molecule has 1 atom stereocenters. The van der Waals surface area contributed by atoms with Crippen LogP contribution in [0.1, 0.15) is 18.5 Å². The van der Waals surface area contributed by atoms with Crippen molar-refractivity contribution in [2.75, 3.05) is 12.4 Å². The molecular weight excluding hydrogens is 290 g/mol. The maximum Gasteiger partial charge on any atom is 0.319 e. The van der Waals surface area contributed by atoms with E-state index in [0.717, 1.165) is 5.56 Å². The lowest BCUT2D eigenvalue weighted by Crippen LogP contribution is -2.31. The van der Waals surface area contributed by atoms with Crippen molar-refractivity contribution in [3.05, 3.63) is 53.3 Å². The number of hydrogen-bond acceptors (Lipinski definition) is 3. The molecular formula is C15H16ClN3O2. The van der Waals surface area contributed by atoms with Crippen molar-refractivity contribution in [1.82, 2.24) is 10.3 Å². The number of rotatable bonds is 4. The Kier molecular flexibility index (Phi) is 5.00. The SMILES string of the molecule is COc1ccc(Cl)cc1NC(=O)N[C@H](C)c1ccncc1. The van der Waals surface area contributed by atoms with Crippen molar-refractivity contribution in [3.8, 4) is 5.75 Å². The molecule has 0 aliphatic rings. The van der Waals surface area contributed by atoms with Gasteiger partial charge < -0.3 is 15.4 Å². The van der Waals surface area contributed by atoms with Crippen LogP contribution in [0.4, 0.5) is 10.5 Å². The highest BCUT2D eigenvalue weighted by Gasteiger charge is 2.12. The molecule has 2 N–H and O–H groups in total. The van der Waals surface area contributed by atoms with Gasteiger partial charge in [0.15, 0.2) is 0 Å². The Labute approximate surface area is 128 Å². The van der Waals surface area contributed by atoms with Gasteiger partial charge in [-0.25, -0.2) is 4.79 Å². The third-order valence-electron chi connectivity index (χ3n) is 2.96. The molecule has 2 amide bonds. The third-order valence-corrected chi connectivity index (χ3v) is 3.20. The summed E-state index contributed by atoms with van der Waals surface area (Å²) in [6, 6.07) is 8.26. The summed E-state index contributed by atoms with van der Waals surface area (Å²) in [5.74, 6) is 0.547. The molecule has 110 valence electrons. The minimum Gasteiger partial charge on any atom is -0.495 e. The molecule has 5 nitrogen and oxygen atoms in total. The molecule has 0 saturated carbocycles. The number of hydrogen-bond donors (Lipinski definition) is 2. The summed E-state index contributed by atoms with van der Waals surface area (Å²) in [5.41, 5.74) is 1.49. The van der Waals surface area contributed by atoms with Gasteiger partial charge in [0.05, 0.1) is 18.8 Å². The van der Waals surface area contributed by atoms with Gasteiger partial charge >= 0.3 is 6.03 Å². The largest absolute Gasteiger partial charge is 0.495 e. The lowest BCUT2D eigenvalue weighted by molar-refractivity contribution is 0.249. The van der Waals surface area contributed by atoms with Crippen LogP contribution in [0.15, 0.2) is 42.7 Å². The number of pyridine rings is 1. The van der Waals surface area contributed by atoms with Crippen LogP contribution >= 0.6 is 11.6 Å². The van der Waals surface area contributed by atoms with E-state index in [1.54, 1.807) is 30.6 Å². The second kappa shape index (κ2) is 6.95. The van der Waals surface area contributed by atoms with E-state index in [2.05, 4.69) is 15.6 Å². The Balaban J connectivity index is 2.04. The van der Waals surface area contributed by atoms with Gasteiger partial charge in [0.2, 0.25) is 0 Å². The summed E-state index contributed by atoms with van der Waals surface area (Å²) in [6.45, 7) is 1.89. The third kappa shape index (κ3) is 4.10. The Morgan fingerprint density at radius 2 is 2.00 bits per heavy atom. The lowest BCUT2D eigenvalue weighted by Gasteiger charge is -2.16. The van der Waals surface area contributed by atoms with Crippen molar-refractivity contribution in [1.29, 1.82) is 0 Å². The molecule has 1 aromatic carbocycles. The summed E-state index contributed by atoms with van der Waals surface area (Å²) < 4.78 is 5.18. The number of methoxy groups -OCH3 is 1. The molecule has 0 bridgehead atoms. The molecule has 0 fully saturated rings. The van der Waals surface area contributed by atoms with Crippen LogP contribution in [0.3, 0.4) is 0 Å². The van der Waals surface area contributed by atoms with E-state index >= 15 is 0 Å². The Morgan fingerprint density at radius 3 is 2.67 bits per heavy atom. The summed E-state index contributed by atoms with van der Waals surface area (Å²) in [7, 11) is 1.53. The highest BCUT2D eigenvalue weighted by Crippen LogP contribution is 2.27. The van der Waals surface area contributed by atoms with Gasteiger partial charge in [-0.3, -0.25) is 4.98 Å². The minimum atomic E-state index is -0.333. The van der Waals surface area contributed by atoms with Crippen molar-refractivity contribution in [2.24, 2.45) is 0 Å². The smallest absolute Gasteiger partial charge is 0.319 e. The maximum absolute atomic E-state index is 12.0. The van der Waals surface area contributed by atoms with Gasteiger partial charge in [0.25, 0.3) is 0 Å². The first-order valence-corrected chi connectivity index (χ1v) is 6.79. The number of carbonyl (C=O) groups is 1. The van der Waals surface area contributed by atoms with E-state index in [0.29, 0.717) is 16.5 Å². The van der Waals surface area contributed by atoms with Crippen molar-refractivity contribution < 1.29 is 9.53 Å². The van der Waals surface area contributed by atoms with Gasteiger partial charge in [-0.2, -0.15) is 0 Å². The van der Waals surface area contributed by atoms with Crippen LogP contribution in [0.2, 0.25) is 5.02 Å². The number of aromatic nitrogens is 1. The molecule has 2 aromatic rings. The monoisotopic (exact) mass is 305 g/mol. The normalized spacial score (nSPS) is 11.6. The van der Waals surface area contributed by atoms with Gasteiger partial charge in [-0.15, -0.1) is 0 Å². The zero-order valence-electron chi connectivity index (χ0n) is 11.8. The molecule has 0 saturated heterocycles. The number of nitrogens with zero attached hydrogens (tertiary/aromatic N) is 1. The number of amides is 2. The topological polar surface area (TPSA) is 63.2 Å². The molecule has 0 spiro atoms. The Hall–Kier alpha value is -2.27. The lowest BCUT2D eigenvalue weighted by atomic mass is 10.1. The van der Waals surface area contributed by atoms with Crippen LogP contribution in [-0.4, -0.2) is 18.1 Å². The van der Waals surface area contributed by atoms with Crippen LogP contribution < -0.4 is 15.4 Å². The van der Waals surface area contributed by atoms with Gasteiger partial charge in [0, 0.05) is 17.4 Å². The predicted octanol–water partition coefficient (Wildman–Crippen LogP) is 3.63. The number of ether oxygens (including phenoxy) is 1. The van der Waals surface area contributed by atoms with E-state index in [1.807, 2.05) is 19.1 Å². The van der Waals surface area contributed by atoms with Crippen molar-refractivity contribution in [2.45, 2.75) is 13.0 Å². The van der Waals surface area contributed by atoms with Crippen LogP contribution in [0.5, 0.6) is 5.75 Å². The van der Waals surface area contributed by atoms with Crippen LogP contribution in [0.25, 0.3) is 0 Å². The minimum absolute atomic E-state index is 0.141. The molecule has 1 aromatic heterocycles. The number of nitrogens with one attached hydrogen (secondary N) is 2. The van der Waals surface area contributed by atoms with E-state index < -0.39 is 0 Å². The van der Waals surface area contributed by atoms with Crippen molar-refractivity contribution >= 4 is 23.3 Å². The highest BCUT2D eigenvalue weighted by atomic mass is 35.5. The first-order valence-electron chi connectivity index (χ1n) is 6.41. The molecule has 0 unspecified atom stereocenters. The number of benzene rings is 1. The van der Waals surface area contributed by atoms with E-state index in [1.165, 1.54) is 7.11 Å². The van der Waals surface area contributed by atoms with Gasteiger partial charge in [-0.05, 0) is 42.8 Å². The fourth-order valence-electron chi connectivity index (χ4n) is 1.87. The molecule has 1 heterocycles. The van der Waals surface area contributed by atoms with E-state index in [-0.39, 0.29) is 12.1 Å². The van der Waals surface area contributed by atoms with E-state index in [4.69, 9.17) is 16.3 Å². The number of halogens is 1. The number of carbonyl (C=O) groups excluding carboxylic acids is 1. The quantitative estimate of drug-likeness (QED) is 0.906. The maximum atomic E-state index is 12.0. The molecule has 0 aliphatic heterocycles. The average Bonchev–Trinajstić information content (AvgIpc) is 2.48. The van der Waals surface area contributed by atoms with Crippen LogP contribution in [0, 0.1) is 0 Å². The Bertz CT molecular complexity index is 620. The highest BCUT2D eigenvalue weighted by molar-refractivity contribution is 6.31. The Morgan fingerprint density at radius 1 is 1.29 bits per heavy atom. The molecule has 0 radical (unpaired) electrons. The van der Waals surface area contributed by atoms with Crippen molar-refractivity contribution in [3.63, 3.8) is 0 Å². The second-order valence-corrected chi connectivity index (χ2v) is 4.88. The standard InChI is InChI=1S/C15H16ClN3O2/c1-10(11-5-7-17-8-6-11)18-15(20)19-13-9-12(16)3-4-14(13)21-2/h3-10H,1-2H3,(H2,18,19,20)/t10-/m1/s1. The predicted molar refractivity (Wildman–Crippen MR) is 82.8 cm³/mol. The molecule has 0 aliphatic carbocycles. The first-order chi connectivity index (χ1) is 10.1.